The number of rotatable bonds is 20. The third-order valence-electron chi connectivity index (χ3n) is 5.87. The van der Waals surface area contributed by atoms with E-state index in [-0.39, 0.29) is 13.1 Å². The summed E-state index contributed by atoms with van der Waals surface area (Å²) in [4.78, 5) is 12.6. The summed E-state index contributed by atoms with van der Waals surface area (Å²) in [5.74, 6) is -14.7. The van der Waals surface area contributed by atoms with E-state index < -0.39 is 23.9 Å². The van der Waals surface area contributed by atoms with Crippen molar-refractivity contribution in [1.29, 1.82) is 0 Å². The molecule has 0 aliphatic carbocycles. The van der Waals surface area contributed by atoms with Crippen LogP contribution in [0.25, 0.3) is 0 Å². The minimum atomic E-state index is -6.51. The summed E-state index contributed by atoms with van der Waals surface area (Å²) in [5.41, 5.74) is 0. The SMILES string of the molecule is CCCCCCCCCCN(CCCCCCCCCC)C(=O)C(F)(F)C(F)(F)C(F)(F)F. The van der Waals surface area contributed by atoms with Crippen LogP contribution in [0.5, 0.6) is 0 Å². The molecule has 1 amide bonds. The van der Waals surface area contributed by atoms with Crippen molar-refractivity contribution in [3.63, 3.8) is 0 Å². The Morgan fingerprint density at radius 1 is 0.545 bits per heavy atom. The molecule has 0 fully saturated rings. The largest absolute Gasteiger partial charge is 0.460 e. The van der Waals surface area contributed by atoms with Crippen LogP contribution in [0.2, 0.25) is 0 Å². The van der Waals surface area contributed by atoms with Crippen molar-refractivity contribution in [1.82, 2.24) is 4.90 Å². The van der Waals surface area contributed by atoms with Gasteiger partial charge in [0, 0.05) is 13.1 Å². The topological polar surface area (TPSA) is 20.3 Å². The summed E-state index contributed by atoms with van der Waals surface area (Å²) in [5, 5.41) is 0. The van der Waals surface area contributed by atoms with Crippen LogP contribution in [0.3, 0.4) is 0 Å². The number of nitrogens with zero attached hydrogens (tertiary/aromatic N) is 1. The zero-order chi connectivity index (χ0) is 25.4. The van der Waals surface area contributed by atoms with E-state index in [1.807, 2.05) is 0 Å². The smallest absolute Gasteiger partial charge is 0.337 e. The predicted molar refractivity (Wildman–Crippen MR) is 118 cm³/mol. The highest BCUT2D eigenvalue weighted by Crippen LogP contribution is 2.47. The predicted octanol–water partition coefficient (Wildman–Crippen LogP) is 8.93. The molecule has 198 valence electrons. The van der Waals surface area contributed by atoms with E-state index in [2.05, 4.69) is 13.8 Å². The van der Waals surface area contributed by atoms with Crippen molar-refractivity contribution in [2.75, 3.05) is 13.1 Å². The zero-order valence-electron chi connectivity index (χ0n) is 20.2. The zero-order valence-corrected chi connectivity index (χ0v) is 20.2. The first-order valence-corrected chi connectivity index (χ1v) is 12.5. The van der Waals surface area contributed by atoms with Gasteiger partial charge in [-0.3, -0.25) is 4.79 Å². The standard InChI is InChI=1S/C24H42F7NO/c1-3-5-7-9-11-13-15-17-19-32(20-18-16-14-12-10-8-6-4-2)21(33)22(25,26)23(27,28)24(29,30)31/h3-20H2,1-2H3. The van der Waals surface area contributed by atoms with Crippen molar-refractivity contribution < 1.29 is 35.5 Å². The fraction of sp³-hybridized carbons (Fsp3) is 0.958. The number of alkyl halides is 7. The summed E-state index contributed by atoms with van der Waals surface area (Å²) >= 11 is 0. The summed E-state index contributed by atoms with van der Waals surface area (Å²) in [6.07, 6.45) is 7.50. The van der Waals surface area contributed by atoms with Crippen LogP contribution in [-0.2, 0) is 4.79 Å². The molecule has 0 aliphatic rings. The Labute approximate surface area is 194 Å². The minimum absolute atomic E-state index is 0.242. The summed E-state index contributed by atoms with van der Waals surface area (Å²) in [6.45, 7) is 3.70. The molecule has 0 unspecified atom stereocenters. The number of amides is 1. The number of carbonyl (C=O) groups excluding carboxylic acids is 1. The van der Waals surface area contributed by atoms with Gasteiger partial charge in [-0.05, 0) is 12.8 Å². The molecule has 0 heterocycles. The lowest BCUT2D eigenvalue weighted by molar-refractivity contribution is -0.345. The number of hydrogen-bond donors (Lipinski definition) is 0. The van der Waals surface area contributed by atoms with Crippen LogP contribution in [-0.4, -0.2) is 41.9 Å². The average molecular weight is 494 g/mol. The Balaban J connectivity index is 4.80. The van der Waals surface area contributed by atoms with Gasteiger partial charge >= 0.3 is 18.0 Å². The Morgan fingerprint density at radius 2 is 0.848 bits per heavy atom. The molecule has 0 saturated heterocycles. The first-order valence-electron chi connectivity index (χ1n) is 12.5. The number of carbonyl (C=O) groups is 1. The van der Waals surface area contributed by atoms with Gasteiger partial charge in [0.25, 0.3) is 5.91 Å². The van der Waals surface area contributed by atoms with Gasteiger partial charge in [-0.15, -0.1) is 0 Å². The summed E-state index contributed by atoms with van der Waals surface area (Å²) in [7, 11) is 0. The molecule has 0 N–H and O–H groups in total. The monoisotopic (exact) mass is 493 g/mol. The maximum atomic E-state index is 14.0. The molecule has 0 aromatic rings. The lowest BCUT2D eigenvalue weighted by atomic mass is 10.1. The second-order valence-corrected chi connectivity index (χ2v) is 8.89. The van der Waals surface area contributed by atoms with Gasteiger partial charge in [0.15, 0.2) is 0 Å². The molecule has 0 spiro atoms. The van der Waals surface area contributed by atoms with Gasteiger partial charge in [-0.1, -0.05) is 104 Å². The Bertz CT molecular complexity index is 490. The second kappa shape index (κ2) is 16.6. The maximum Gasteiger partial charge on any atom is 0.460 e. The van der Waals surface area contributed by atoms with Crippen LogP contribution >= 0.6 is 0 Å². The number of hydrogen-bond acceptors (Lipinski definition) is 1. The lowest BCUT2D eigenvalue weighted by Crippen LogP contribution is -2.60. The maximum absolute atomic E-state index is 14.0. The summed E-state index contributed by atoms with van der Waals surface area (Å²) in [6, 6.07) is 0. The van der Waals surface area contributed by atoms with Gasteiger partial charge in [0.1, 0.15) is 0 Å². The van der Waals surface area contributed by atoms with Crippen molar-refractivity contribution in [3.8, 4) is 0 Å². The molecule has 0 rings (SSSR count). The Kier molecular flexibility index (Phi) is 16.1. The molecule has 0 aromatic heterocycles. The van der Waals surface area contributed by atoms with E-state index in [1.54, 1.807) is 0 Å². The van der Waals surface area contributed by atoms with Crippen molar-refractivity contribution in [2.45, 2.75) is 135 Å². The minimum Gasteiger partial charge on any atom is -0.337 e. The van der Waals surface area contributed by atoms with Crippen LogP contribution in [0.1, 0.15) is 117 Å². The van der Waals surface area contributed by atoms with Crippen molar-refractivity contribution in [3.05, 3.63) is 0 Å². The van der Waals surface area contributed by atoms with Crippen LogP contribution in [0.4, 0.5) is 30.7 Å². The molecule has 2 nitrogen and oxygen atoms in total. The van der Waals surface area contributed by atoms with E-state index in [4.69, 9.17) is 0 Å². The third kappa shape index (κ3) is 11.8. The molecule has 0 radical (unpaired) electrons. The fourth-order valence-corrected chi connectivity index (χ4v) is 3.70. The van der Waals surface area contributed by atoms with Gasteiger partial charge in [0.05, 0.1) is 0 Å². The fourth-order valence-electron chi connectivity index (χ4n) is 3.70. The van der Waals surface area contributed by atoms with E-state index in [0.29, 0.717) is 30.6 Å². The Morgan fingerprint density at radius 3 is 1.15 bits per heavy atom. The molecule has 0 atom stereocenters. The number of halogens is 7. The summed E-state index contributed by atoms with van der Waals surface area (Å²) < 4.78 is 92.2. The molecule has 33 heavy (non-hydrogen) atoms. The van der Waals surface area contributed by atoms with Crippen molar-refractivity contribution in [2.24, 2.45) is 0 Å². The van der Waals surface area contributed by atoms with E-state index in [1.165, 1.54) is 0 Å². The van der Waals surface area contributed by atoms with E-state index >= 15 is 0 Å². The van der Waals surface area contributed by atoms with Gasteiger partial charge in [0.2, 0.25) is 0 Å². The van der Waals surface area contributed by atoms with E-state index in [9.17, 15) is 35.5 Å². The highest BCUT2D eigenvalue weighted by molar-refractivity contribution is 5.85. The van der Waals surface area contributed by atoms with Crippen LogP contribution < -0.4 is 0 Å². The Hall–Kier alpha value is -1.02. The second-order valence-electron chi connectivity index (χ2n) is 8.89. The van der Waals surface area contributed by atoms with Crippen LogP contribution in [0.15, 0.2) is 0 Å². The molecule has 0 aliphatic heterocycles. The van der Waals surface area contributed by atoms with Gasteiger partial charge in [-0.2, -0.15) is 30.7 Å². The normalized spacial score (nSPS) is 12.9. The first-order chi connectivity index (χ1) is 15.4. The highest BCUT2D eigenvalue weighted by Gasteiger charge is 2.76. The molecule has 9 heteroatoms. The average Bonchev–Trinajstić information content (AvgIpc) is 2.74. The van der Waals surface area contributed by atoms with E-state index in [0.717, 1.165) is 77.0 Å². The molecule has 0 bridgehead atoms. The third-order valence-corrected chi connectivity index (χ3v) is 5.87. The molecular weight excluding hydrogens is 451 g/mol. The van der Waals surface area contributed by atoms with Crippen molar-refractivity contribution >= 4 is 5.91 Å². The van der Waals surface area contributed by atoms with Gasteiger partial charge < -0.3 is 4.90 Å². The molecule has 0 aromatic carbocycles. The van der Waals surface area contributed by atoms with Crippen LogP contribution in [0, 0.1) is 0 Å². The molecule has 0 saturated carbocycles. The first kappa shape index (κ1) is 32.0. The lowest BCUT2D eigenvalue weighted by Gasteiger charge is -2.32. The number of unbranched alkanes of at least 4 members (excludes halogenated alkanes) is 14. The highest BCUT2D eigenvalue weighted by atomic mass is 19.4. The molecular formula is C24H42F7NO. The quantitative estimate of drug-likeness (QED) is 0.122. The van der Waals surface area contributed by atoms with Gasteiger partial charge in [-0.25, -0.2) is 0 Å².